The first-order valence-corrected chi connectivity index (χ1v) is 8.58. The minimum absolute atomic E-state index is 0.113. The fourth-order valence-electron chi connectivity index (χ4n) is 3.46. The molecule has 3 aromatic rings. The van der Waals surface area contributed by atoms with E-state index in [0.717, 1.165) is 24.1 Å². The maximum atomic E-state index is 12.3. The molecule has 1 aliphatic carbocycles. The molecule has 1 amide bonds. The molecule has 1 heterocycles. The summed E-state index contributed by atoms with van der Waals surface area (Å²) < 4.78 is 1.71. The van der Waals surface area contributed by atoms with Gasteiger partial charge in [-0.15, -0.1) is 0 Å². The minimum atomic E-state index is 0.113. The van der Waals surface area contributed by atoms with Crippen LogP contribution >= 0.6 is 0 Å². The summed E-state index contributed by atoms with van der Waals surface area (Å²) >= 11 is 0. The first-order valence-electron chi connectivity index (χ1n) is 8.58. The molecular formula is C20H20N4O. The number of amides is 1. The Bertz CT molecular complexity index is 856. The van der Waals surface area contributed by atoms with Gasteiger partial charge in [0, 0.05) is 13.0 Å². The van der Waals surface area contributed by atoms with Crippen molar-refractivity contribution in [2.24, 2.45) is 0 Å². The monoisotopic (exact) mass is 332 g/mol. The maximum absolute atomic E-state index is 12.3. The molecule has 4 rings (SSSR count). The molecule has 1 N–H and O–H groups in total. The van der Waals surface area contributed by atoms with Crippen LogP contribution in [0.25, 0.3) is 5.69 Å². The maximum Gasteiger partial charge on any atom is 0.220 e. The molecule has 0 saturated carbocycles. The summed E-state index contributed by atoms with van der Waals surface area (Å²) in [6.45, 7) is 0.546. The van der Waals surface area contributed by atoms with Gasteiger partial charge in [0.2, 0.25) is 5.91 Å². The summed E-state index contributed by atoms with van der Waals surface area (Å²) in [7, 11) is 0. The summed E-state index contributed by atoms with van der Waals surface area (Å²) in [4.78, 5) is 16.2. The number of carbonyl (C=O) groups is 1. The van der Waals surface area contributed by atoms with Crippen LogP contribution in [0.5, 0.6) is 0 Å². The molecule has 0 spiro atoms. The van der Waals surface area contributed by atoms with Crippen LogP contribution in [0.2, 0.25) is 0 Å². The summed E-state index contributed by atoms with van der Waals surface area (Å²) in [5.41, 5.74) is 4.76. The number of hydrogen-bond donors (Lipinski definition) is 1. The van der Waals surface area contributed by atoms with Gasteiger partial charge in [0.05, 0.1) is 5.69 Å². The van der Waals surface area contributed by atoms with Gasteiger partial charge in [-0.1, -0.05) is 36.4 Å². The van der Waals surface area contributed by atoms with Crippen molar-refractivity contribution in [1.29, 1.82) is 0 Å². The van der Waals surface area contributed by atoms with Gasteiger partial charge in [-0.3, -0.25) is 4.79 Å². The number of aromatic nitrogens is 3. The Morgan fingerprint density at radius 3 is 2.80 bits per heavy atom. The molecule has 1 aliphatic rings. The Morgan fingerprint density at radius 1 is 1.16 bits per heavy atom. The number of fused-ring (bicyclic) bond motifs is 1. The van der Waals surface area contributed by atoms with Crippen LogP contribution in [0.4, 0.5) is 0 Å². The fourth-order valence-corrected chi connectivity index (χ4v) is 3.46. The van der Waals surface area contributed by atoms with Crippen molar-refractivity contribution >= 4 is 5.91 Å². The van der Waals surface area contributed by atoms with E-state index in [4.69, 9.17) is 0 Å². The van der Waals surface area contributed by atoms with E-state index in [1.165, 1.54) is 17.5 Å². The van der Waals surface area contributed by atoms with Gasteiger partial charge in [-0.25, -0.2) is 9.67 Å². The minimum Gasteiger partial charge on any atom is -0.352 e. The van der Waals surface area contributed by atoms with Crippen molar-refractivity contribution in [2.45, 2.75) is 31.7 Å². The van der Waals surface area contributed by atoms with Crippen LogP contribution in [-0.4, -0.2) is 20.7 Å². The summed E-state index contributed by atoms with van der Waals surface area (Å²) in [6.07, 6.45) is 5.89. The predicted octanol–water partition coefficient (Wildman–Crippen LogP) is 3.00. The normalized spacial score (nSPS) is 15.8. The number of nitrogens with one attached hydrogen (secondary N) is 1. The van der Waals surface area contributed by atoms with Crippen LogP contribution in [0.1, 0.15) is 35.4 Å². The Morgan fingerprint density at radius 2 is 2.00 bits per heavy atom. The summed E-state index contributed by atoms with van der Waals surface area (Å²) in [5, 5.41) is 7.14. The van der Waals surface area contributed by atoms with E-state index in [1.807, 2.05) is 24.3 Å². The number of nitrogens with zero attached hydrogens (tertiary/aromatic N) is 3. The van der Waals surface area contributed by atoms with E-state index in [1.54, 1.807) is 11.0 Å². The second-order valence-electron chi connectivity index (χ2n) is 6.42. The highest BCUT2D eigenvalue weighted by atomic mass is 16.1. The molecule has 5 nitrogen and oxygen atoms in total. The highest BCUT2D eigenvalue weighted by Gasteiger charge is 2.23. The first kappa shape index (κ1) is 15.6. The largest absolute Gasteiger partial charge is 0.352 e. The topological polar surface area (TPSA) is 59.8 Å². The predicted molar refractivity (Wildman–Crippen MR) is 95.3 cm³/mol. The van der Waals surface area contributed by atoms with E-state index in [-0.39, 0.29) is 5.91 Å². The Hall–Kier alpha value is -2.95. The lowest BCUT2D eigenvalue weighted by atomic mass is 9.97. The van der Waals surface area contributed by atoms with Gasteiger partial charge in [-0.05, 0) is 47.6 Å². The molecule has 1 atom stereocenters. The Labute approximate surface area is 146 Å². The molecule has 126 valence electrons. The number of aryl methyl sites for hydroxylation is 1. The number of benzene rings is 2. The second-order valence-corrected chi connectivity index (χ2v) is 6.42. The van der Waals surface area contributed by atoms with E-state index < -0.39 is 0 Å². The van der Waals surface area contributed by atoms with Gasteiger partial charge in [0.15, 0.2) is 0 Å². The highest BCUT2D eigenvalue weighted by molar-refractivity contribution is 5.77. The average Bonchev–Trinajstić information content (AvgIpc) is 3.31. The molecule has 2 aromatic carbocycles. The third-order valence-electron chi connectivity index (χ3n) is 4.80. The molecule has 0 radical (unpaired) electrons. The Balaban J connectivity index is 1.32. The fraction of sp³-hybridized carbons (Fsp3) is 0.250. The smallest absolute Gasteiger partial charge is 0.220 e. The molecule has 0 bridgehead atoms. The van der Waals surface area contributed by atoms with Gasteiger partial charge in [0.25, 0.3) is 0 Å². The van der Waals surface area contributed by atoms with Gasteiger partial charge >= 0.3 is 0 Å². The summed E-state index contributed by atoms with van der Waals surface area (Å²) in [5.74, 6) is 0.466. The van der Waals surface area contributed by atoms with Gasteiger partial charge < -0.3 is 5.32 Å². The number of carbonyl (C=O) groups excluding carboxylic acids is 1. The molecule has 0 fully saturated rings. The van der Waals surface area contributed by atoms with Crippen LogP contribution in [0.3, 0.4) is 0 Å². The quantitative estimate of drug-likeness (QED) is 0.781. The zero-order valence-corrected chi connectivity index (χ0v) is 13.9. The third-order valence-corrected chi connectivity index (χ3v) is 4.80. The van der Waals surface area contributed by atoms with E-state index in [9.17, 15) is 4.79 Å². The van der Waals surface area contributed by atoms with E-state index in [2.05, 4.69) is 39.7 Å². The van der Waals surface area contributed by atoms with Crippen molar-refractivity contribution in [3.63, 3.8) is 0 Å². The molecule has 0 saturated heterocycles. The standard InChI is InChI=1S/C20H20N4O/c25-20(11-17-8-7-16-3-1-2-4-19(16)17)22-12-15-5-9-18(10-6-15)24-14-21-13-23-24/h1-6,9-10,13-14,17H,7-8,11-12H2,(H,22,25)/t17-/m1/s1. The molecule has 0 unspecified atom stereocenters. The number of hydrogen-bond acceptors (Lipinski definition) is 3. The zero-order valence-electron chi connectivity index (χ0n) is 13.9. The van der Waals surface area contributed by atoms with Gasteiger partial charge in [0.1, 0.15) is 12.7 Å². The SMILES string of the molecule is O=C(C[C@H]1CCc2ccccc21)NCc1ccc(-n2cncn2)cc1. The van der Waals surface area contributed by atoms with Crippen LogP contribution in [0.15, 0.2) is 61.2 Å². The van der Waals surface area contributed by atoms with Crippen molar-refractivity contribution in [1.82, 2.24) is 20.1 Å². The zero-order chi connectivity index (χ0) is 17.1. The van der Waals surface area contributed by atoms with Crippen LogP contribution < -0.4 is 5.32 Å². The second kappa shape index (κ2) is 6.89. The van der Waals surface area contributed by atoms with Crippen molar-refractivity contribution in [2.75, 3.05) is 0 Å². The first-order chi connectivity index (χ1) is 12.3. The number of rotatable bonds is 5. The molecule has 1 aromatic heterocycles. The molecule has 25 heavy (non-hydrogen) atoms. The van der Waals surface area contributed by atoms with Crippen LogP contribution in [-0.2, 0) is 17.8 Å². The van der Waals surface area contributed by atoms with Gasteiger partial charge in [-0.2, -0.15) is 5.10 Å². The van der Waals surface area contributed by atoms with Crippen LogP contribution in [0, 0.1) is 0 Å². The van der Waals surface area contributed by atoms with E-state index >= 15 is 0 Å². The van der Waals surface area contributed by atoms with Crippen molar-refractivity contribution in [3.8, 4) is 5.69 Å². The van der Waals surface area contributed by atoms with E-state index in [0.29, 0.717) is 18.9 Å². The summed E-state index contributed by atoms with van der Waals surface area (Å²) in [6, 6.07) is 16.4. The third kappa shape index (κ3) is 3.45. The lowest BCUT2D eigenvalue weighted by molar-refractivity contribution is -0.121. The molecule has 0 aliphatic heterocycles. The Kier molecular flexibility index (Phi) is 4.29. The molecular weight excluding hydrogens is 312 g/mol. The lowest BCUT2D eigenvalue weighted by Crippen LogP contribution is -2.24. The van der Waals surface area contributed by atoms with Crippen molar-refractivity contribution in [3.05, 3.63) is 77.9 Å². The van der Waals surface area contributed by atoms with Crippen molar-refractivity contribution < 1.29 is 4.79 Å². The highest BCUT2D eigenvalue weighted by Crippen LogP contribution is 2.35. The lowest BCUT2D eigenvalue weighted by Gasteiger charge is -2.12. The average molecular weight is 332 g/mol. The molecule has 5 heteroatoms.